The summed E-state index contributed by atoms with van der Waals surface area (Å²) in [5.41, 5.74) is 1.78. The maximum absolute atomic E-state index is 11.9. The van der Waals surface area contributed by atoms with E-state index in [1.54, 1.807) is 42.7 Å². The molecule has 0 spiro atoms. The van der Waals surface area contributed by atoms with Crippen LogP contribution in [-0.2, 0) is 16.0 Å². The fourth-order valence-corrected chi connectivity index (χ4v) is 1.74. The van der Waals surface area contributed by atoms with Gasteiger partial charge in [-0.05, 0) is 29.8 Å². The lowest BCUT2D eigenvalue weighted by molar-refractivity contribution is -0.115. The number of ether oxygens (including phenoxy) is 1. The highest BCUT2D eigenvalue weighted by Crippen LogP contribution is 2.12. The molecule has 0 radical (unpaired) electrons. The van der Waals surface area contributed by atoms with Gasteiger partial charge in [0.15, 0.2) is 0 Å². The van der Waals surface area contributed by atoms with Crippen molar-refractivity contribution >= 4 is 17.6 Å². The summed E-state index contributed by atoms with van der Waals surface area (Å²) in [6.07, 6.45) is 3.53. The molecule has 0 aliphatic heterocycles. The van der Waals surface area contributed by atoms with E-state index in [1.807, 2.05) is 6.07 Å². The van der Waals surface area contributed by atoms with Crippen molar-refractivity contribution in [3.63, 3.8) is 0 Å². The van der Waals surface area contributed by atoms with Crippen LogP contribution in [0, 0.1) is 0 Å². The second kappa shape index (κ2) is 6.47. The zero-order valence-corrected chi connectivity index (χ0v) is 11.0. The molecule has 0 saturated heterocycles. The van der Waals surface area contributed by atoms with Crippen LogP contribution in [-0.4, -0.2) is 24.0 Å². The standard InChI is InChI=1S/C15H14N2O3/c1-20-15(19)12-5-2-6-13(9-12)17-14(18)8-11-4-3-7-16-10-11/h2-7,9-10H,8H2,1H3,(H,17,18). The first-order chi connectivity index (χ1) is 9.69. The molecule has 1 aromatic carbocycles. The molecule has 0 bridgehead atoms. The number of nitrogens with zero attached hydrogens (tertiary/aromatic N) is 1. The second-order valence-electron chi connectivity index (χ2n) is 4.16. The van der Waals surface area contributed by atoms with E-state index in [9.17, 15) is 9.59 Å². The molecule has 5 heteroatoms. The monoisotopic (exact) mass is 270 g/mol. The molecule has 0 fully saturated rings. The predicted octanol–water partition coefficient (Wildman–Crippen LogP) is 2.05. The first-order valence-electron chi connectivity index (χ1n) is 6.06. The van der Waals surface area contributed by atoms with Crippen molar-refractivity contribution in [3.05, 3.63) is 59.9 Å². The minimum atomic E-state index is -0.437. The molecule has 5 nitrogen and oxygen atoms in total. The Bertz CT molecular complexity index is 612. The quantitative estimate of drug-likeness (QED) is 0.863. The number of carbonyl (C=O) groups is 2. The third-order valence-corrected chi connectivity index (χ3v) is 2.65. The second-order valence-corrected chi connectivity index (χ2v) is 4.16. The van der Waals surface area contributed by atoms with Gasteiger partial charge in [0.25, 0.3) is 0 Å². The largest absolute Gasteiger partial charge is 0.465 e. The van der Waals surface area contributed by atoms with Gasteiger partial charge in [0.1, 0.15) is 0 Å². The van der Waals surface area contributed by atoms with Crippen molar-refractivity contribution < 1.29 is 14.3 Å². The number of rotatable bonds is 4. The Balaban J connectivity index is 2.03. The number of anilines is 1. The Morgan fingerprint density at radius 1 is 1.25 bits per heavy atom. The van der Waals surface area contributed by atoms with Gasteiger partial charge in [-0.1, -0.05) is 12.1 Å². The predicted molar refractivity (Wildman–Crippen MR) is 74.4 cm³/mol. The maximum atomic E-state index is 11.9. The number of hydrogen-bond donors (Lipinski definition) is 1. The van der Waals surface area contributed by atoms with Gasteiger partial charge >= 0.3 is 5.97 Å². The van der Waals surface area contributed by atoms with Crippen molar-refractivity contribution in [1.29, 1.82) is 0 Å². The Hall–Kier alpha value is -2.69. The molecular formula is C15H14N2O3. The first-order valence-corrected chi connectivity index (χ1v) is 6.06. The molecule has 0 saturated carbocycles. The number of nitrogens with one attached hydrogen (secondary N) is 1. The van der Waals surface area contributed by atoms with Crippen LogP contribution in [0.2, 0.25) is 0 Å². The summed E-state index contributed by atoms with van der Waals surface area (Å²) in [4.78, 5) is 27.2. The lowest BCUT2D eigenvalue weighted by Gasteiger charge is -2.06. The summed E-state index contributed by atoms with van der Waals surface area (Å²) in [6.45, 7) is 0. The zero-order chi connectivity index (χ0) is 14.4. The molecule has 1 amide bonds. The molecule has 0 aliphatic rings. The van der Waals surface area contributed by atoms with Gasteiger partial charge in [0.2, 0.25) is 5.91 Å². The number of pyridine rings is 1. The molecule has 102 valence electrons. The van der Waals surface area contributed by atoms with Crippen molar-refractivity contribution in [2.75, 3.05) is 12.4 Å². The highest BCUT2D eigenvalue weighted by atomic mass is 16.5. The summed E-state index contributed by atoms with van der Waals surface area (Å²) < 4.78 is 4.63. The van der Waals surface area contributed by atoms with Gasteiger partial charge < -0.3 is 10.1 Å². The van der Waals surface area contributed by atoms with E-state index in [-0.39, 0.29) is 12.3 Å². The van der Waals surface area contributed by atoms with Crippen molar-refractivity contribution in [1.82, 2.24) is 4.98 Å². The van der Waals surface area contributed by atoms with Crippen LogP contribution in [0.4, 0.5) is 5.69 Å². The maximum Gasteiger partial charge on any atom is 0.337 e. The Kier molecular flexibility index (Phi) is 4.44. The van der Waals surface area contributed by atoms with Crippen LogP contribution in [0.15, 0.2) is 48.8 Å². The van der Waals surface area contributed by atoms with E-state index in [0.29, 0.717) is 11.3 Å². The average Bonchev–Trinajstić information content (AvgIpc) is 2.47. The summed E-state index contributed by atoms with van der Waals surface area (Å²) in [6, 6.07) is 10.2. The Labute approximate surface area is 116 Å². The minimum Gasteiger partial charge on any atom is -0.465 e. The number of carbonyl (C=O) groups excluding carboxylic acids is 2. The van der Waals surface area contributed by atoms with Crippen molar-refractivity contribution in [3.8, 4) is 0 Å². The summed E-state index contributed by atoms with van der Waals surface area (Å²) in [7, 11) is 1.32. The molecule has 1 N–H and O–H groups in total. The van der Waals surface area contributed by atoms with Crippen LogP contribution in [0.3, 0.4) is 0 Å². The third-order valence-electron chi connectivity index (χ3n) is 2.65. The van der Waals surface area contributed by atoms with E-state index in [1.165, 1.54) is 7.11 Å². The van der Waals surface area contributed by atoms with Gasteiger partial charge in [-0.2, -0.15) is 0 Å². The van der Waals surface area contributed by atoms with Gasteiger partial charge in [-0.3, -0.25) is 9.78 Å². The molecular weight excluding hydrogens is 256 g/mol. The minimum absolute atomic E-state index is 0.167. The molecule has 1 aromatic heterocycles. The van der Waals surface area contributed by atoms with Crippen LogP contribution in [0.25, 0.3) is 0 Å². The number of methoxy groups -OCH3 is 1. The van der Waals surface area contributed by atoms with E-state index >= 15 is 0 Å². The average molecular weight is 270 g/mol. The highest BCUT2D eigenvalue weighted by molar-refractivity contribution is 5.95. The number of benzene rings is 1. The number of esters is 1. The first kappa shape index (κ1) is 13.7. The summed E-state index contributed by atoms with van der Waals surface area (Å²) in [5, 5.41) is 2.74. The number of amides is 1. The van der Waals surface area contributed by atoms with Crippen molar-refractivity contribution in [2.45, 2.75) is 6.42 Å². The Morgan fingerprint density at radius 3 is 2.80 bits per heavy atom. The van der Waals surface area contributed by atoms with Crippen molar-refractivity contribution in [2.24, 2.45) is 0 Å². The SMILES string of the molecule is COC(=O)c1cccc(NC(=O)Cc2cccnc2)c1. The highest BCUT2D eigenvalue weighted by Gasteiger charge is 2.08. The van der Waals surface area contributed by atoms with Crippen LogP contribution >= 0.6 is 0 Å². The zero-order valence-electron chi connectivity index (χ0n) is 11.0. The van der Waals surface area contributed by atoms with Gasteiger partial charge in [-0.25, -0.2) is 4.79 Å². The topological polar surface area (TPSA) is 68.3 Å². The fraction of sp³-hybridized carbons (Fsp3) is 0.133. The molecule has 2 aromatic rings. The van der Waals surface area contributed by atoms with E-state index in [2.05, 4.69) is 15.0 Å². The molecule has 20 heavy (non-hydrogen) atoms. The van der Waals surface area contributed by atoms with Gasteiger partial charge in [-0.15, -0.1) is 0 Å². The normalized spacial score (nSPS) is 9.85. The van der Waals surface area contributed by atoms with E-state index in [4.69, 9.17) is 0 Å². The van der Waals surface area contributed by atoms with Crippen LogP contribution in [0.1, 0.15) is 15.9 Å². The Morgan fingerprint density at radius 2 is 2.10 bits per heavy atom. The smallest absolute Gasteiger partial charge is 0.337 e. The number of hydrogen-bond acceptors (Lipinski definition) is 4. The van der Waals surface area contributed by atoms with E-state index in [0.717, 1.165) is 5.56 Å². The van der Waals surface area contributed by atoms with Gasteiger partial charge in [0.05, 0.1) is 19.1 Å². The lowest BCUT2D eigenvalue weighted by atomic mass is 10.2. The summed E-state index contributed by atoms with van der Waals surface area (Å²) >= 11 is 0. The van der Waals surface area contributed by atoms with Crippen LogP contribution in [0.5, 0.6) is 0 Å². The summed E-state index contributed by atoms with van der Waals surface area (Å²) in [5.74, 6) is -0.603. The van der Waals surface area contributed by atoms with Crippen LogP contribution < -0.4 is 5.32 Å². The fourth-order valence-electron chi connectivity index (χ4n) is 1.74. The van der Waals surface area contributed by atoms with Gasteiger partial charge in [0, 0.05) is 18.1 Å². The molecule has 2 rings (SSSR count). The number of aromatic nitrogens is 1. The molecule has 1 heterocycles. The molecule has 0 unspecified atom stereocenters. The molecule has 0 aliphatic carbocycles. The third kappa shape index (κ3) is 3.65. The lowest BCUT2D eigenvalue weighted by Crippen LogP contribution is -2.15. The van der Waals surface area contributed by atoms with E-state index < -0.39 is 5.97 Å². The molecule has 0 atom stereocenters.